The second-order valence-electron chi connectivity index (χ2n) is 6.76. The highest BCUT2D eigenvalue weighted by molar-refractivity contribution is 6.00. The van der Waals surface area contributed by atoms with E-state index in [1.54, 1.807) is 12.0 Å². The van der Waals surface area contributed by atoms with Gasteiger partial charge >= 0.3 is 0 Å². The van der Waals surface area contributed by atoms with Crippen molar-refractivity contribution < 1.29 is 14.6 Å². The molecule has 0 unspecified atom stereocenters. The van der Waals surface area contributed by atoms with Gasteiger partial charge in [-0.2, -0.15) is 5.10 Å². The Morgan fingerprint density at radius 1 is 1.22 bits per heavy atom. The Labute approximate surface area is 157 Å². The maximum Gasteiger partial charge on any atom is 0.257 e. The van der Waals surface area contributed by atoms with E-state index in [0.717, 1.165) is 11.1 Å². The SMILES string of the molecule is COc1cccc(-c2[nH]ncc2C(=O)N2CC[C@](O)(c3ccccc3)C2)c1. The van der Waals surface area contributed by atoms with Crippen molar-refractivity contribution in [2.75, 3.05) is 20.2 Å². The molecule has 2 N–H and O–H groups in total. The summed E-state index contributed by atoms with van der Waals surface area (Å²) in [6, 6.07) is 17.0. The zero-order valence-electron chi connectivity index (χ0n) is 15.1. The number of aromatic amines is 1. The molecule has 6 nitrogen and oxygen atoms in total. The normalized spacial score (nSPS) is 19.3. The zero-order valence-corrected chi connectivity index (χ0v) is 15.1. The van der Waals surface area contributed by atoms with Crippen LogP contribution in [0.25, 0.3) is 11.3 Å². The van der Waals surface area contributed by atoms with E-state index in [-0.39, 0.29) is 12.5 Å². The smallest absolute Gasteiger partial charge is 0.257 e. The van der Waals surface area contributed by atoms with Crippen LogP contribution in [0.4, 0.5) is 0 Å². The molecule has 138 valence electrons. The second-order valence-corrected chi connectivity index (χ2v) is 6.76. The highest BCUT2D eigenvalue weighted by Crippen LogP contribution is 2.33. The van der Waals surface area contributed by atoms with Crippen molar-refractivity contribution in [1.29, 1.82) is 0 Å². The van der Waals surface area contributed by atoms with E-state index in [1.807, 2.05) is 54.6 Å². The lowest BCUT2D eigenvalue weighted by atomic mass is 9.93. The van der Waals surface area contributed by atoms with Crippen LogP contribution in [0.2, 0.25) is 0 Å². The van der Waals surface area contributed by atoms with E-state index in [2.05, 4.69) is 10.2 Å². The van der Waals surface area contributed by atoms with Crippen molar-refractivity contribution in [1.82, 2.24) is 15.1 Å². The topological polar surface area (TPSA) is 78.5 Å². The number of β-amino-alcohol motifs (C(OH)–C–C–N with tert-alkyl or cyclic N) is 1. The number of H-pyrrole nitrogens is 1. The third-order valence-electron chi connectivity index (χ3n) is 5.07. The highest BCUT2D eigenvalue weighted by Gasteiger charge is 2.40. The molecule has 1 atom stereocenters. The van der Waals surface area contributed by atoms with Crippen molar-refractivity contribution in [2.45, 2.75) is 12.0 Å². The fourth-order valence-electron chi connectivity index (χ4n) is 3.57. The first-order chi connectivity index (χ1) is 13.1. The summed E-state index contributed by atoms with van der Waals surface area (Å²) in [5.74, 6) is 0.563. The van der Waals surface area contributed by atoms with Crippen LogP contribution < -0.4 is 4.74 Å². The molecular weight excluding hydrogens is 342 g/mol. The van der Waals surface area contributed by atoms with Gasteiger partial charge in [-0.3, -0.25) is 9.89 Å². The lowest BCUT2D eigenvalue weighted by molar-refractivity contribution is 0.0417. The Balaban J connectivity index is 1.59. The van der Waals surface area contributed by atoms with Crippen LogP contribution in [-0.2, 0) is 5.60 Å². The Bertz CT molecular complexity index is 954. The van der Waals surface area contributed by atoms with Gasteiger partial charge in [-0.15, -0.1) is 0 Å². The minimum atomic E-state index is -1.02. The van der Waals surface area contributed by atoms with E-state index >= 15 is 0 Å². The fourth-order valence-corrected chi connectivity index (χ4v) is 3.57. The average molecular weight is 363 g/mol. The first-order valence-corrected chi connectivity index (χ1v) is 8.86. The van der Waals surface area contributed by atoms with Crippen molar-refractivity contribution in [3.63, 3.8) is 0 Å². The van der Waals surface area contributed by atoms with Gasteiger partial charge < -0.3 is 14.7 Å². The average Bonchev–Trinajstić information content (AvgIpc) is 3.36. The number of hydrogen-bond donors (Lipinski definition) is 2. The quantitative estimate of drug-likeness (QED) is 0.747. The number of nitrogens with one attached hydrogen (secondary N) is 1. The minimum Gasteiger partial charge on any atom is -0.497 e. The Morgan fingerprint density at radius 2 is 2.04 bits per heavy atom. The molecule has 1 aliphatic rings. The van der Waals surface area contributed by atoms with Crippen LogP contribution in [0.1, 0.15) is 22.3 Å². The number of benzene rings is 2. The summed E-state index contributed by atoms with van der Waals surface area (Å²) in [6.07, 6.45) is 2.05. The van der Waals surface area contributed by atoms with Crippen LogP contribution in [0.5, 0.6) is 5.75 Å². The molecule has 1 amide bonds. The molecule has 0 saturated carbocycles. The van der Waals surface area contributed by atoms with E-state index in [4.69, 9.17) is 4.74 Å². The van der Waals surface area contributed by atoms with Gasteiger partial charge in [-0.05, 0) is 24.1 Å². The van der Waals surface area contributed by atoms with E-state index in [0.29, 0.717) is 30.0 Å². The van der Waals surface area contributed by atoms with Gasteiger partial charge in [0, 0.05) is 12.1 Å². The number of ether oxygens (including phenoxy) is 1. The van der Waals surface area contributed by atoms with Gasteiger partial charge in [0.2, 0.25) is 0 Å². The molecule has 1 aliphatic heterocycles. The lowest BCUT2D eigenvalue weighted by Gasteiger charge is -2.24. The standard InChI is InChI=1S/C21H21N3O3/c1-27-17-9-5-6-15(12-17)19-18(13-22-23-19)20(25)24-11-10-21(26,14-24)16-7-3-2-4-8-16/h2-9,12-13,26H,10-11,14H2,1H3,(H,22,23)/t21-/m1/s1. The molecule has 1 saturated heterocycles. The number of rotatable bonds is 4. The Kier molecular flexibility index (Phi) is 4.41. The van der Waals surface area contributed by atoms with Crippen molar-refractivity contribution in [3.05, 3.63) is 71.9 Å². The van der Waals surface area contributed by atoms with E-state index in [9.17, 15) is 9.90 Å². The largest absolute Gasteiger partial charge is 0.497 e. The number of carbonyl (C=O) groups excluding carboxylic acids is 1. The van der Waals surface area contributed by atoms with Gasteiger partial charge in [0.15, 0.2) is 0 Å². The van der Waals surface area contributed by atoms with Crippen LogP contribution in [-0.4, -0.2) is 46.3 Å². The third kappa shape index (κ3) is 3.19. The number of methoxy groups -OCH3 is 1. The predicted octanol–water partition coefficient (Wildman–Crippen LogP) is 2.82. The van der Waals surface area contributed by atoms with Gasteiger partial charge in [0.05, 0.1) is 31.1 Å². The molecule has 0 radical (unpaired) electrons. The third-order valence-corrected chi connectivity index (χ3v) is 5.07. The van der Waals surface area contributed by atoms with Crippen LogP contribution in [0, 0.1) is 0 Å². The number of amides is 1. The molecule has 6 heteroatoms. The molecule has 0 spiro atoms. The van der Waals surface area contributed by atoms with Crippen LogP contribution in [0.3, 0.4) is 0 Å². The van der Waals surface area contributed by atoms with Gasteiger partial charge in [0.1, 0.15) is 11.4 Å². The summed E-state index contributed by atoms with van der Waals surface area (Å²) < 4.78 is 5.27. The summed E-state index contributed by atoms with van der Waals surface area (Å²) in [6.45, 7) is 0.755. The fraction of sp³-hybridized carbons (Fsp3) is 0.238. The molecule has 2 heterocycles. The maximum absolute atomic E-state index is 13.1. The first kappa shape index (κ1) is 17.3. The highest BCUT2D eigenvalue weighted by atomic mass is 16.5. The Hall–Kier alpha value is -3.12. The summed E-state index contributed by atoms with van der Waals surface area (Å²) >= 11 is 0. The number of aromatic nitrogens is 2. The monoisotopic (exact) mass is 363 g/mol. The summed E-state index contributed by atoms with van der Waals surface area (Å²) in [5.41, 5.74) is 1.78. The van der Waals surface area contributed by atoms with Crippen molar-refractivity contribution >= 4 is 5.91 Å². The van der Waals surface area contributed by atoms with E-state index in [1.165, 1.54) is 6.20 Å². The predicted molar refractivity (Wildman–Crippen MR) is 101 cm³/mol. The molecule has 27 heavy (non-hydrogen) atoms. The number of carbonyl (C=O) groups is 1. The zero-order chi connectivity index (χ0) is 18.9. The summed E-state index contributed by atoms with van der Waals surface area (Å²) in [7, 11) is 1.60. The summed E-state index contributed by atoms with van der Waals surface area (Å²) in [4.78, 5) is 14.8. The maximum atomic E-state index is 13.1. The Morgan fingerprint density at radius 3 is 2.81 bits per heavy atom. The molecule has 1 fully saturated rings. The number of hydrogen-bond acceptors (Lipinski definition) is 4. The molecule has 0 aliphatic carbocycles. The molecule has 1 aromatic heterocycles. The molecule has 4 rings (SSSR count). The summed E-state index contributed by atoms with van der Waals surface area (Å²) in [5, 5.41) is 18.0. The van der Waals surface area contributed by atoms with Gasteiger partial charge in [-0.1, -0.05) is 42.5 Å². The van der Waals surface area contributed by atoms with Gasteiger partial charge in [-0.25, -0.2) is 0 Å². The van der Waals surface area contributed by atoms with Gasteiger partial charge in [0.25, 0.3) is 5.91 Å². The van der Waals surface area contributed by atoms with Crippen molar-refractivity contribution in [3.8, 4) is 17.0 Å². The van der Waals surface area contributed by atoms with Crippen LogP contribution in [0.15, 0.2) is 60.8 Å². The second kappa shape index (κ2) is 6.89. The molecule has 0 bridgehead atoms. The van der Waals surface area contributed by atoms with E-state index < -0.39 is 5.60 Å². The minimum absolute atomic E-state index is 0.145. The molecule has 3 aromatic rings. The number of nitrogens with zero attached hydrogens (tertiary/aromatic N) is 2. The number of aliphatic hydroxyl groups is 1. The van der Waals surface area contributed by atoms with Crippen molar-refractivity contribution in [2.24, 2.45) is 0 Å². The molecule has 2 aromatic carbocycles. The molecular formula is C21H21N3O3. The lowest BCUT2D eigenvalue weighted by Crippen LogP contribution is -2.34. The first-order valence-electron chi connectivity index (χ1n) is 8.86. The van der Waals surface area contributed by atoms with Crippen LogP contribution >= 0.6 is 0 Å². The number of likely N-dealkylation sites (tertiary alicyclic amines) is 1.